The summed E-state index contributed by atoms with van der Waals surface area (Å²) >= 11 is 12.0. The lowest BCUT2D eigenvalue weighted by atomic mass is 10.1. The van der Waals surface area contributed by atoms with Crippen molar-refractivity contribution in [3.63, 3.8) is 0 Å². The second kappa shape index (κ2) is 21.4. The van der Waals surface area contributed by atoms with Crippen molar-refractivity contribution >= 4 is 182 Å². The van der Waals surface area contributed by atoms with Gasteiger partial charge in [-0.2, -0.15) is 0 Å². The maximum atomic E-state index is 12.9. The Hall–Kier alpha value is -0.440. The molecule has 14 nitrogen and oxygen atoms in total. The first-order valence-electron chi connectivity index (χ1n) is 16.3. The number of benzene rings is 2. The summed E-state index contributed by atoms with van der Waals surface area (Å²) in [4.78, 5) is 77.9. The average molecular weight is 1410 g/mol. The van der Waals surface area contributed by atoms with Crippen molar-refractivity contribution in [2.24, 2.45) is 0 Å². The number of nitrogens with one attached hydrogen (secondary N) is 2. The number of halogens is 6. The number of rotatable bonds is 18. The lowest BCUT2D eigenvalue weighted by Gasteiger charge is -2.22. The first-order valence-corrected chi connectivity index (χ1v) is 22.8. The van der Waals surface area contributed by atoms with Crippen molar-refractivity contribution in [3.05, 3.63) is 43.7 Å². The van der Waals surface area contributed by atoms with Gasteiger partial charge in [0.1, 0.15) is 0 Å². The summed E-state index contributed by atoms with van der Waals surface area (Å²) in [5.41, 5.74) is 2.36. The molecule has 0 atom stereocenters. The molecule has 0 aliphatic carbocycles. The Morgan fingerprint density at radius 1 is 0.585 bits per heavy atom. The molecule has 0 bridgehead atoms. The van der Waals surface area contributed by atoms with E-state index >= 15 is 0 Å². The molecule has 4 amide bonds. The molecule has 2 saturated heterocycles. The van der Waals surface area contributed by atoms with Crippen LogP contribution in [-0.4, -0.2) is 95.1 Å². The molecule has 288 valence electrons. The van der Waals surface area contributed by atoms with Crippen LogP contribution in [0.2, 0.25) is 0 Å². The van der Waals surface area contributed by atoms with Gasteiger partial charge in [0.2, 0.25) is 23.6 Å². The minimum absolute atomic E-state index is 0.0218. The van der Waals surface area contributed by atoms with E-state index in [1.807, 2.05) is 90.4 Å². The van der Waals surface area contributed by atoms with Crippen LogP contribution in [0.15, 0.2) is 0 Å². The van der Waals surface area contributed by atoms with Gasteiger partial charge >= 0.3 is 11.9 Å². The number of carbonyl (C=O) groups excluding carboxylic acids is 4. The smallest absolute Gasteiger partial charge is 0.337 e. The number of hydrogen-bond acceptors (Lipinski definition) is 8. The fourth-order valence-corrected chi connectivity index (χ4v) is 14.1. The normalized spacial score (nSPS) is 14.3. The van der Waals surface area contributed by atoms with E-state index in [1.165, 1.54) is 0 Å². The standard InChI is InChI=1S/C33H34I6N4O10/c34-24-16(14-42-8-1-4-20(42)46)26(36)30(28(38)22(24)32(48)49)40-18(44)6-12-52-10-3-11-53-13-7-19(45)41-31-27(37)17(15-43-9-2-5-21(43)47)25(35)23(29(31)39)33(50)51/h1-15H2,(H,40,44)(H,41,45)(H,48,49)(H,50,51). The Morgan fingerprint density at radius 2 is 0.962 bits per heavy atom. The number of carboxylic acids is 2. The van der Waals surface area contributed by atoms with Gasteiger partial charge in [-0.15, -0.1) is 0 Å². The van der Waals surface area contributed by atoms with E-state index in [2.05, 4.69) is 55.8 Å². The Labute approximate surface area is 387 Å². The largest absolute Gasteiger partial charge is 0.478 e. The molecular formula is C33H34I6N4O10. The maximum Gasteiger partial charge on any atom is 0.337 e. The lowest BCUT2D eigenvalue weighted by molar-refractivity contribution is -0.129. The summed E-state index contributed by atoms with van der Waals surface area (Å²) in [7, 11) is 0. The topological polar surface area (TPSA) is 192 Å². The molecule has 4 N–H and O–H groups in total. The van der Waals surface area contributed by atoms with Crippen molar-refractivity contribution < 1.29 is 48.5 Å². The highest BCUT2D eigenvalue weighted by molar-refractivity contribution is 14.1. The molecule has 2 aromatic rings. The molecule has 4 rings (SSSR count). The van der Waals surface area contributed by atoms with Gasteiger partial charge in [0.25, 0.3) is 0 Å². The van der Waals surface area contributed by atoms with E-state index in [0.717, 1.165) is 12.8 Å². The highest BCUT2D eigenvalue weighted by Gasteiger charge is 2.30. The summed E-state index contributed by atoms with van der Waals surface area (Å²) in [5.74, 6) is -2.86. The molecule has 2 aliphatic rings. The third-order valence-electron chi connectivity index (χ3n) is 8.34. The predicted octanol–water partition coefficient (Wildman–Crippen LogP) is 6.74. The van der Waals surface area contributed by atoms with Crippen molar-refractivity contribution in [3.8, 4) is 0 Å². The molecule has 0 unspecified atom stereocenters. The Kier molecular flexibility index (Phi) is 18.2. The van der Waals surface area contributed by atoms with Crippen molar-refractivity contribution in [1.29, 1.82) is 0 Å². The number of aromatic carboxylic acids is 2. The second-order valence-electron chi connectivity index (χ2n) is 12.0. The highest BCUT2D eigenvalue weighted by atomic mass is 127. The third-order valence-corrected chi connectivity index (χ3v) is 15.3. The maximum absolute atomic E-state index is 12.9. The molecule has 53 heavy (non-hydrogen) atoms. The van der Waals surface area contributed by atoms with Gasteiger partial charge in [-0.3, -0.25) is 19.2 Å². The molecule has 2 aliphatic heterocycles. The van der Waals surface area contributed by atoms with Gasteiger partial charge in [-0.1, -0.05) is 0 Å². The molecule has 2 heterocycles. The SMILES string of the molecule is O=C(CCOCCCOCCC(=O)Nc1c(I)c(CN2CCCC2=O)c(I)c(C(=O)O)c1I)Nc1c(I)c(CN2CCCC2=O)c(I)c(C(=O)O)c1I. The van der Waals surface area contributed by atoms with Gasteiger partial charge in [0.15, 0.2) is 0 Å². The number of carboxylic acid groups (broad SMARTS) is 2. The van der Waals surface area contributed by atoms with Gasteiger partial charge in [0.05, 0.1) is 55.7 Å². The number of amides is 4. The molecule has 0 radical (unpaired) electrons. The molecule has 0 spiro atoms. The number of ether oxygens (including phenoxy) is 2. The summed E-state index contributed by atoms with van der Waals surface area (Å²) in [5, 5.41) is 25.5. The van der Waals surface area contributed by atoms with Crippen LogP contribution < -0.4 is 10.6 Å². The van der Waals surface area contributed by atoms with Crippen molar-refractivity contribution in [2.75, 3.05) is 50.2 Å². The number of anilines is 2. The molecule has 2 aromatic carbocycles. The van der Waals surface area contributed by atoms with Gasteiger partial charge in [-0.05, 0) is 155 Å². The Balaban J connectivity index is 1.21. The quantitative estimate of drug-likeness (QED) is 0.0919. The fourth-order valence-electron chi connectivity index (χ4n) is 5.63. The summed E-state index contributed by atoms with van der Waals surface area (Å²) < 4.78 is 14.5. The number of likely N-dealkylation sites (tertiary alicyclic amines) is 2. The summed E-state index contributed by atoms with van der Waals surface area (Å²) in [6.07, 6.45) is 3.04. The van der Waals surface area contributed by atoms with Crippen LogP contribution in [0.1, 0.15) is 76.8 Å². The third kappa shape index (κ3) is 11.8. The number of nitrogens with zero attached hydrogens (tertiary/aromatic N) is 2. The van der Waals surface area contributed by atoms with Crippen LogP contribution in [0.5, 0.6) is 0 Å². The summed E-state index contributed by atoms with van der Waals surface area (Å²) in [6, 6.07) is 0. The van der Waals surface area contributed by atoms with Crippen LogP contribution in [0, 0.1) is 21.4 Å². The van der Waals surface area contributed by atoms with Gasteiger partial charge in [0, 0.05) is 77.6 Å². The molecule has 0 aromatic heterocycles. The van der Waals surface area contributed by atoms with Crippen molar-refractivity contribution in [1.82, 2.24) is 9.80 Å². The van der Waals surface area contributed by atoms with Crippen LogP contribution >= 0.6 is 136 Å². The van der Waals surface area contributed by atoms with E-state index in [1.54, 1.807) is 9.80 Å². The van der Waals surface area contributed by atoms with E-state index in [-0.39, 0.29) is 73.9 Å². The lowest BCUT2D eigenvalue weighted by Crippen LogP contribution is -2.26. The fraction of sp³-hybridized carbons (Fsp3) is 0.455. The monoisotopic (exact) mass is 1410 g/mol. The van der Waals surface area contributed by atoms with E-state index in [9.17, 15) is 39.0 Å². The molecule has 2 fully saturated rings. The van der Waals surface area contributed by atoms with Crippen LogP contribution in [0.25, 0.3) is 0 Å². The van der Waals surface area contributed by atoms with E-state index in [4.69, 9.17) is 9.47 Å². The van der Waals surface area contributed by atoms with Gasteiger partial charge < -0.3 is 40.1 Å². The first-order chi connectivity index (χ1) is 25.1. The molecular weight excluding hydrogens is 1370 g/mol. The van der Waals surface area contributed by atoms with E-state index < -0.39 is 11.9 Å². The average Bonchev–Trinajstić information content (AvgIpc) is 3.70. The van der Waals surface area contributed by atoms with E-state index in [0.29, 0.717) is 89.5 Å². The second-order valence-corrected chi connectivity index (χ2v) is 18.4. The van der Waals surface area contributed by atoms with Crippen LogP contribution in [0.3, 0.4) is 0 Å². The number of carbonyl (C=O) groups is 6. The van der Waals surface area contributed by atoms with Gasteiger partial charge in [-0.25, -0.2) is 9.59 Å². The number of hydrogen-bond donors (Lipinski definition) is 4. The minimum Gasteiger partial charge on any atom is -0.478 e. The van der Waals surface area contributed by atoms with Crippen LogP contribution in [-0.2, 0) is 41.7 Å². The van der Waals surface area contributed by atoms with Crippen LogP contribution in [0.4, 0.5) is 11.4 Å². The molecule has 20 heteroatoms. The minimum atomic E-state index is -1.11. The Morgan fingerprint density at radius 3 is 1.28 bits per heavy atom. The van der Waals surface area contributed by atoms with Crippen molar-refractivity contribution in [2.45, 2.75) is 58.0 Å². The highest BCUT2D eigenvalue weighted by Crippen LogP contribution is 2.38. The zero-order valence-corrected chi connectivity index (χ0v) is 40.9. The molecule has 0 saturated carbocycles. The zero-order chi connectivity index (χ0) is 39.0. The zero-order valence-electron chi connectivity index (χ0n) is 27.9. The summed E-state index contributed by atoms with van der Waals surface area (Å²) in [6.45, 7) is 2.64. The Bertz CT molecular complexity index is 1680. The predicted molar refractivity (Wildman–Crippen MR) is 245 cm³/mol. The first kappa shape index (κ1) is 45.3.